The molecule has 0 saturated heterocycles. The summed E-state index contributed by atoms with van der Waals surface area (Å²) in [5.74, 6) is 0.176. The quantitative estimate of drug-likeness (QED) is 0.564. The van der Waals surface area contributed by atoms with Crippen molar-refractivity contribution in [3.05, 3.63) is 23.8 Å². The van der Waals surface area contributed by atoms with Crippen LogP contribution in [0.3, 0.4) is 0 Å². The van der Waals surface area contributed by atoms with Crippen molar-refractivity contribution < 1.29 is 19.4 Å². The number of carbonyl (C=O) groups is 2. The van der Waals surface area contributed by atoms with E-state index >= 15 is 0 Å². The average molecular weight is 298 g/mol. The van der Waals surface area contributed by atoms with E-state index in [-0.39, 0.29) is 5.97 Å². The molecule has 0 saturated carbocycles. The molecular weight excluding hydrogens is 268 g/mol. The molecule has 0 aliphatic carbocycles. The molecule has 0 amide bonds. The molecule has 1 unspecified atom stereocenters. The smallest absolute Gasteiger partial charge is 0.332 e. The van der Waals surface area contributed by atoms with Gasteiger partial charge in [-0.1, -0.05) is 46.3 Å². The SMILES string of the molecule is C=C(C)C(=O)OC.CC(=CCC(C)CCC(C)C)C(=O)O. The number of hydrogen-bond acceptors (Lipinski definition) is 3. The summed E-state index contributed by atoms with van der Waals surface area (Å²) >= 11 is 0. The summed E-state index contributed by atoms with van der Waals surface area (Å²) in [7, 11) is 1.33. The van der Waals surface area contributed by atoms with Gasteiger partial charge in [0, 0.05) is 11.1 Å². The lowest BCUT2D eigenvalue weighted by Gasteiger charge is -2.10. The first kappa shape index (κ1) is 21.7. The van der Waals surface area contributed by atoms with E-state index < -0.39 is 5.97 Å². The molecule has 122 valence electrons. The lowest BCUT2D eigenvalue weighted by molar-refractivity contribution is -0.136. The standard InChI is InChI=1S/C12H22O2.C5H8O2/c1-9(2)5-6-10(3)7-8-11(4)12(13)14;1-4(2)5(6)7-3/h8-10H,5-7H2,1-4H3,(H,13,14);1H2,2-3H3. The molecule has 0 spiro atoms. The number of hydrogen-bond donors (Lipinski definition) is 1. The lowest BCUT2D eigenvalue weighted by atomic mass is 9.96. The van der Waals surface area contributed by atoms with Gasteiger partial charge < -0.3 is 9.84 Å². The van der Waals surface area contributed by atoms with Crippen LogP contribution in [-0.4, -0.2) is 24.2 Å². The van der Waals surface area contributed by atoms with Crippen molar-refractivity contribution in [2.45, 2.75) is 53.9 Å². The lowest BCUT2D eigenvalue weighted by Crippen LogP contribution is -2.00. The predicted molar refractivity (Wildman–Crippen MR) is 86.1 cm³/mol. The van der Waals surface area contributed by atoms with Gasteiger partial charge in [0.1, 0.15) is 0 Å². The van der Waals surface area contributed by atoms with E-state index in [1.165, 1.54) is 20.0 Å². The van der Waals surface area contributed by atoms with E-state index in [4.69, 9.17) is 5.11 Å². The summed E-state index contributed by atoms with van der Waals surface area (Å²) in [4.78, 5) is 20.7. The van der Waals surface area contributed by atoms with Gasteiger partial charge in [-0.3, -0.25) is 0 Å². The van der Waals surface area contributed by atoms with Crippen LogP contribution < -0.4 is 0 Å². The van der Waals surface area contributed by atoms with Gasteiger partial charge in [0.25, 0.3) is 0 Å². The molecule has 1 atom stereocenters. The zero-order valence-electron chi connectivity index (χ0n) is 14.2. The molecule has 0 aliphatic heterocycles. The number of carboxylic acid groups (broad SMARTS) is 1. The topological polar surface area (TPSA) is 63.6 Å². The molecule has 0 aliphatic rings. The van der Waals surface area contributed by atoms with E-state index in [1.807, 2.05) is 6.08 Å². The molecular formula is C17H30O4. The van der Waals surface area contributed by atoms with Crippen molar-refractivity contribution in [3.8, 4) is 0 Å². The minimum absolute atomic E-state index is 0.347. The molecule has 0 bridgehead atoms. The van der Waals surface area contributed by atoms with Gasteiger partial charge in [-0.05, 0) is 32.1 Å². The van der Waals surface area contributed by atoms with Crippen molar-refractivity contribution in [2.24, 2.45) is 11.8 Å². The van der Waals surface area contributed by atoms with Crippen LogP contribution in [0.5, 0.6) is 0 Å². The van der Waals surface area contributed by atoms with Crippen molar-refractivity contribution in [1.82, 2.24) is 0 Å². The van der Waals surface area contributed by atoms with Crippen LogP contribution in [0.25, 0.3) is 0 Å². The van der Waals surface area contributed by atoms with Crippen molar-refractivity contribution in [3.63, 3.8) is 0 Å². The number of carbonyl (C=O) groups excluding carboxylic acids is 1. The van der Waals surface area contributed by atoms with Crippen LogP contribution in [0.15, 0.2) is 23.8 Å². The predicted octanol–water partition coefficient (Wildman–Crippen LogP) is 4.22. The second-order valence-electron chi connectivity index (χ2n) is 5.78. The Balaban J connectivity index is 0. The fourth-order valence-corrected chi connectivity index (χ4v) is 1.38. The Labute approximate surface area is 128 Å². The summed E-state index contributed by atoms with van der Waals surface area (Å²) in [5.41, 5.74) is 0.892. The Bertz CT molecular complexity index is 367. The zero-order chi connectivity index (χ0) is 17.0. The highest BCUT2D eigenvalue weighted by Gasteiger charge is 2.04. The van der Waals surface area contributed by atoms with E-state index in [0.29, 0.717) is 17.1 Å². The second kappa shape index (κ2) is 12.2. The number of allylic oxidation sites excluding steroid dienone is 1. The summed E-state index contributed by atoms with van der Waals surface area (Å²) in [6.45, 7) is 13.2. The van der Waals surface area contributed by atoms with Gasteiger partial charge >= 0.3 is 11.9 Å². The number of ether oxygens (including phenoxy) is 1. The molecule has 0 radical (unpaired) electrons. The van der Waals surface area contributed by atoms with Gasteiger partial charge in [-0.2, -0.15) is 0 Å². The van der Waals surface area contributed by atoms with Gasteiger partial charge in [0.05, 0.1) is 7.11 Å². The fraction of sp³-hybridized carbons (Fsp3) is 0.647. The van der Waals surface area contributed by atoms with Crippen LogP contribution in [0.4, 0.5) is 0 Å². The third-order valence-electron chi connectivity index (χ3n) is 2.93. The third-order valence-corrected chi connectivity index (χ3v) is 2.93. The average Bonchev–Trinajstić information content (AvgIpc) is 2.41. The van der Waals surface area contributed by atoms with Crippen molar-refractivity contribution in [1.29, 1.82) is 0 Å². The van der Waals surface area contributed by atoms with Crippen molar-refractivity contribution >= 4 is 11.9 Å². The van der Waals surface area contributed by atoms with Gasteiger partial charge in [0.2, 0.25) is 0 Å². The van der Waals surface area contributed by atoms with Crippen LogP contribution in [-0.2, 0) is 14.3 Å². The zero-order valence-corrected chi connectivity index (χ0v) is 14.2. The Morgan fingerprint density at radius 3 is 2.00 bits per heavy atom. The first-order valence-corrected chi connectivity index (χ1v) is 7.25. The summed E-state index contributed by atoms with van der Waals surface area (Å²) in [6, 6.07) is 0. The number of rotatable bonds is 7. The molecule has 4 heteroatoms. The highest BCUT2D eigenvalue weighted by Crippen LogP contribution is 2.16. The van der Waals surface area contributed by atoms with E-state index in [1.54, 1.807) is 13.8 Å². The third kappa shape index (κ3) is 14.6. The van der Waals surface area contributed by atoms with Gasteiger partial charge in [0.15, 0.2) is 0 Å². The first-order valence-electron chi connectivity index (χ1n) is 7.25. The van der Waals surface area contributed by atoms with Gasteiger partial charge in [-0.15, -0.1) is 0 Å². The summed E-state index contributed by atoms with van der Waals surface area (Å²) in [5, 5.41) is 8.64. The maximum Gasteiger partial charge on any atom is 0.332 e. The number of aliphatic carboxylic acids is 1. The fourth-order valence-electron chi connectivity index (χ4n) is 1.38. The number of esters is 1. The first-order chi connectivity index (χ1) is 9.61. The highest BCUT2D eigenvalue weighted by atomic mass is 16.5. The highest BCUT2D eigenvalue weighted by molar-refractivity contribution is 5.86. The van der Waals surface area contributed by atoms with Crippen LogP contribution in [0.1, 0.15) is 53.9 Å². The molecule has 4 nitrogen and oxygen atoms in total. The maximum atomic E-state index is 10.5. The molecule has 21 heavy (non-hydrogen) atoms. The number of carboxylic acids is 1. The molecule has 0 aromatic carbocycles. The van der Waals surface area contributed by atoms with E-state index in [2.05, 4.69) is 32.1 Å². The Hall–Kier alpha value is -1.58. The van der Waals surface area contributed by atoms with Crippen LogP contribution >= 0.6 is 0 Å². The normalized spacial score (nSPS) is 12.2. The molecule has 0 heterocycles. The maximum absolute atomic E-state index is 10.5. The molecule has 0 aromatic heterocycles. The monoisotopic (exact) mass is 298 g/mol. The second-order valence-corrected chi connectivity index (χ2v) is 5.78. The van der Waals surface area contributed by atoms with Crippen LogP contribution in [0.2, 0.25) is 0 Å². The van der Waals surface area contributed by atoms with Crippen molar-refractivity contribution in [2.75, 3.05) is 7.11 Å². The Morgan fingerprint density at radius 1 is 1.19 bits per heavy atom. The number of methoxy groups -OCH3 is 1. The Morgan fingerprint density at radius 2 is 1.71 bits per heavy atom. The molecule has 1 N–H and O–H groups in total. The summed E-state index contributed by atoms with van der Waals surface area (Å²) < 4.78 is 4.27. The van der Waals surface area contributed by atoms with E-state index in [0.717, 1.165) is 12.3 Å². The summed E-state index contributed by atoms with van der Waals surface area (Å²) in [6.07, 6.45) is 5.11. The minimum Gasteiger partial charge on any atom is -0.478 e. The van der Waals surface area contributed by atoms with Crippen LogP contribution in [0, 0.1) is 11.8 Å². The minimum atomic E-state index is -0.805. The molecule has 0 fully saturated rings. The largest absolute Gasteiger partial charge is 0.478 e. The molecule has 0 rings (SSSR count). The Kier molecular flexibility index (Phi) is 12.6. The van der Waals surface area contributed by atoms with Gasteiger partial charge in [-0.25, -0.2) is 9.59 Å². The van der Waals surface area contributed by atoms with E-state index in [9.17, 15) is 9.59 Å². The molecule has 0 aromatic rings.